The molecule has 4 nitrogen and oxygen atoms in total. The van der Waals surface area contributed by atoms with Gasteiger partial charge in [-0.2, -0.15) is 0 Å². The van der Waals surface area contributed by atoms with Crippen molar-refractivity contribution in [1.82, 2.24) is 0 Å². The lowest BCUT2D eigenvalue weighted by molar-refractivity contribution is 0.166. The number of nitrogens with two attached hydrogens (primary N) is 1. The van der Waals surface area contributed by atoms with Crippen molar-refractivity contribution in [2.24, 2.45) is 5.73 Å². The van der Waals surface area contributed by atoms with Crippen molar-refractivity contribution in [3.05, 3.63) is 17.4 Å². The van der Waals surface area contributed by atoms with Crippen LogP contribution in [0.1, 0.15) is 24.8 Å². The minimum Gasteiger partial charge on any atom is -0.494 e. The third kappa shape index (κ3) is 2.22. The summed E-state index contributed by atoms with van der Waals surface area (Å²) in [6.45, 7) is 3.31. The maximum atomic E-state index is 14.3. The van der Waals surface area contributed by atoms with Crippen LogP contribution < -0.4 is 19.9 Å². The van der Waals surface area contributed by atoms with Crippen LogP contribution >= 0.6 is 0 Å². The largest absolute Gasteiger partial charge is 0.494 e. The Morgan fingerprint density at radius 2 is 2.17 bits per heavy atom. The van der Waals surface area contributed by atoms with Crippen molar-refractivity contribution in [2.45, 2.75) is 19.3 Å². The highest BCUT2D eigenvalue weighted by atomic mass is 19.1. The molecule has 0 aromatic heterocycles. The summed E-state index contributed by atoms with van der Waals surface area (Å²) >= 11 is 0. The van der Waals surface area contributed by atoms with Gasteiger partial charge in [0.2, 0.25) is 0 Å². The standard InChI is InChI=1S/C13H18FNO3/c1-8(3-4-15)11-12(14)9(16-2)7-10-13(11)18-6-5-17-10/h7-8H,3-6,15H2,1-2H3. The van der Waals surface area contributed by atoms with Gasteiger partial charge in [0.15, 0.2) is 23.1 Å². The van der Waals surface area contributed by atoms with E-state index in [4.69, 9.17) is 19.9 Å². The topological polar surface area (TPSA) is 53.7 Å². The van der Waals surface area contributed by atoms with Crippen molar-refractivity contribution < 1.29 is 18.6 Å². The van der Waals surface area contributed by atoms with Gasteiger partial charge in [-0.1, -0.05) is 6.92 Å². The van der Waals surface area contributed by atoms with Crippen molar-refractivity contribution in [2.75, 3.05) is 26.9 Å². The van der Waals surface area contributed by atoms with E-state index >= 15 is 0 Å². The molecule has 100 valence electrons. The third-order valence-corrected chi connectivity index (χ3v) is 3.08. The SMILES string of the molecule is COc1cc2c(c(C(C)CCN)c1F)OCCO2. The molecule has 1 atom stereocenters. The molecule has 0 spiro atoms. The lowest BCUT2D eigenvalue weighted by Gasteiger charge is -2.25. The average Bonchev–Trinajstić information content (AvgIpc) is 2.38. The number of hydrogen-bond acceptors (Lipinski definition) is 4. The Morgan fingerprint density at radius 1 is 1.44 bits per heavy atom. The zero-order valence-electron chi connectivity index (χ0n) is 10.7. The van der Waals surface area contributed by atoms with E-state index < -0.39 is 0 Å². The summed E-state index contributed by atoms with van der Waals surface area (Å²) in [5, 5.41) is 0. The lowest BCUT2D eigenvalue weighted by atomic mass is 9.95. The summed E-state index contributed by atoms with van der Waals surface area (Å²) in [6.07, 6.45) is 0.680. The first-order valence-electron chi connectivity index (χ1n) is 6.05. The minimum absolute atomic E-state index is 0.0412. The van der Waals surface area contributed by atoms with Crippen LogP contribution in [0.15, 0.2) is 6.07 Å². The highest BCUT2D eigenvalue weighted by molar-refractivity contribution is 5.54. The fourth-order valence-electron chi connectivity index (χ4n) is 2.15. The molecule has 0 bridgehead atoms. The molecular weight excluding hydrogens is 237 g/mol. The minimum atomic E-state index is -0.386. The quantitative estimate of drug-likeness (QED) is 0.894. The Balaban J connectivity index is 2.52. The van der Waals surface area contributed by atoms with Gasteiger partial charge in [-0.25, -0.2) is 4.39 Å². The van der Waals surface area contributed by atoms with E-state index in [0.717, 1.165) is 0 Å². The molecule has 1 unspecified atom stereocenters. The highest BCUT2D eigenvalue weighted by Gasteiger charge is 2.26. The molecule has 0 fully saturated rings. The van der Waals surface area contributed by atoms with Gasteiger partial charge in [0, 0.05) is 11.6 Å². The Kier molecular flexibility index (Phi) is 3.91. The number of methoxy groups -OCH3 is 1. The van der Waals surface area contributed by atoms with Crippen LogP contribution in [0.25, 0.3) is 0 Å². The van der Waals surface area contributed by atoms with Gasteiger partial charge in [0.1, 0.15) is 13.2 Å². The molecule has 0 saturated carbocycles. The molecule has 5 heteroatoms. The van der Waals surface area contributed by atoms with E-state index in [1.807, 2.05) is 6.92 Å². The van der Waals surface area contributed by atoms with Gasteiger partial charge in [0.05, 0.1) is 7.11 Å². The number of fused-ring (bicyclic) bond motifs is 1. The van der Waals surface area contributed by atoms with Gasteiger partial charge in [-0.15, -0.1) is 0 Å². The average molecular weight is 255 g/mol. The number of benzene rings is 1. The maximum absolute atomic E-state index is 14.3. The van der Waals surface area contributed by atoms with E-state index in [2.05, 4.69) is 0 Å². The first-order valence-corrected chi connectivity index (χ1v) is 6.05. The molecule has 1 aliphatic rings. The first kappa shape index (κ1) is 13.0. The highest BCUT2D eigenvalue weighted by Crippen LogP contribution is 2.44. The lowest BCUT2D eigenvalue weighted by Crippen LogP contribution is -2.19. The van der Waals surface area contributed by atoms with Gasteiger partial charge in [-0.3, -0.25) is 0 Å². The summed E-state index contributed by atoms with van der Waals surface area (Å²) in [7, 11) is 1.44. The third-order valence-electron chi connectivity index (χ3n) is 3.08. The van der Waals surface area contributed by atoms with Gasteiger partial charge < -0.3 is 19.9 Å². The van der Waals surface area contributed by atoms with E-state index in [1.54, 1.807) is 0 Å². The first-order chi connectivity index (χ1) is 8.69. The van der Waals surface area contributed by atoms with Crippen LogP contribution in [0.5, 0.6) is 17.2 Å². The summed E-state index contributed by atoms with van der Waals surface area (Å²) in [5.74, 6) is 0.778. The van der Waals surface area contributed by atoms with Crippen LogP contribution in [-0.2, 0) is 0 Å². The molecule has 1 aromatic rings. The van der Waals surface area contributed by atoms with Crippen LogP contribution in [0, 0.1) is 5.82 Å². The summed E-state index contributed by atoms with van der Waals surface area (Å²) in [5.41, 5.74) is 6.03. The second-order valence-corrected chi connectivity index (χ2v) is 4.31. The summed E-state index contributed by atoms with van der Waals surface area (Å²) in [6, 6.07) is 1.53. The van der Waals surface area contributed by atoms with Crippen LogP contribution in [-0.4, -0.2) is 26.9 Å². The van der Waals surface area contributed by atoms with Crippen molar-refractivity contribution in [3.63, 3.8) is 0 Å². The normalized spacial score (nSPS) is 15.3. The number of ether oxygens (including phenoxy) is 3. The van der Waals surface area contributed by atoms with Gasteiger partial charge >= 0.3 is 0 Å². The van der Waals surface area contributed by atoms with E-state index in [0.29, 0.717) is 43.2 Å². The molecule has 0 aliphatic carbocycles. The fraction of sp³-hybridized carbons (Fsp3) is 0.538. The molecular formula is C13H18FNO3. The summed E-state index contributed by atoms with van der Waals surface area (Å²) < 4.78 is 30.4. The molecule has 2 N–H and O–H groups in total. The molecule has 2 rings (SSSR count). The molecule has 1 aliphatic heterocycles. The molecule has 1 aromatic carbocycles. The molecule has 0 amide bonds. The van der Waals surface area contributed by atoms with Crippen molar-refractivity contribution >= 4 is 0 Å². The second-order valence-electron chi connectivity index (χ2n) is 4.31. The summed E-state index contributed by atoms with van der Waals surface area (Å²) in [4.78, 5) is 0. The van der Waals surface area contributed by atoms with E-state index in [-0.39, 0.29) is 17.5 Å². The Morgan fingerprint density at radius 3 is 2.83 bits per heavy atom. The molecule has 0 saturated heterocycles. The maximum Gasteiger partial charge on any atom is 0.172 e. The van der Waals surface area contributed by atoms with E-state index in [1.165, 1.54) is 13.2 Å². The van der Waals surface area contributed by atoms with Crippen molar-refractivity contribution in [1.29, 1.82) is 0 Å². The van der Waals surface area contributed by atoms with Crippen LogP contribution in [0.2, 0.25) is 0 Å². The number of hydrogen-bond donors (Lipinski definition) is 1. The zero-order chi connectivity index (χ0) is 13.1. The Labute approximate surface area is 106 Å². The molecule has 18 heavy (non-hydrogen) atoms. The van der Waals surface area contributed by atoms with Gasteiger partial charge in [-0.05, 0) is 18.9 Å². The Bertz CT molecular complexity index is 437. The second kappa shape index (κ2) is 5.44. The monoisotopic (exact) mass is 255 g/mol. The van der Waals surface area contributed by atoms with Gasteiger partial charge in [0.25, 0.3) is 0 Å². The fourth-order valence-corrected chi connectivity index (χ4v) is 2.15. The predicted molar refractivity (Wildman–Crippen MR) is 66.0 cm³/mol. The molecule has 0 radical (unpaired) electrons. The smallest absolute Gasteiger partial charge is 0.172 e. The number of halogens is 1. The zero-order valence-corrected chi connectivity index (χ0v) is 10.7. The molecule has 1 heterocycles. The van der Waals surface area contributed by atoms with E-state index in [9.17, 15) is 4.39 Å². The Hall–Kier alpha value is -1.49. The van der Waals surface area contributed by atoms with Crippen LogP contribution in [0.4, 0.5) is 4.39 Å². The predicted octanol–water partition coefficient (Wildman–Crippen LogP) is 2.06. The number of rotatable bonds is 4. The van der Waals surface area contributed by atoms with Crippen molar-refractivity contribution in [3.8, 4) is 17.2 Å². The van der Waals surface area contributed by atoms with Crippen LogP contribution in [0.3, 0.4) is 0 Å².